The van der Waals surface area contributed by atoms with Crippen molar-refractivity contribution in [3.63, 3.8) is 0 Å². The van der Waals surface area contributed by atoms with Crippen LogP contribution in [0.4, 0.5) is 0 Å². The van der Waals surface area contributed by atoms with Crippen LogP contribution in [0.5, 0.6) is 0 Å². The molecule has 6 heteroatoms. The second-order valence-electron chi connectivity index (χ2n) is 19.4. The molecular formula is C45H71N4O2+. The fourth-order valence-electron chi connectivity index (χ4n) is 14.1. The molecule has 0 amide bonds. The van der Waals surface area contributed by atoms with E-state index in [0.29, 0.717) is 54.7 Å². The Bertz CT molecular complexity index is 1300. The highest BCUT2D eigenvalue weighted by Crippen LogP contribution is 2.53. The third-order valence-electron chi connectivity index (χ3n) is 16.7. The van der Waals surface area contributed by atoms with Crippen molar-refractivity contribution in [1.29, 1.82) is 0 Å². The maximum absolute atomic E-state index is 7.35. The molecule has 282 valence electrons. The number of nitrogens with one attached hydrogen (secondary N) is 3. The lowest BCUT2D eigenvalue weighted by Gasteiger charge is -2.45. The van der Waals surface area contributed by atoms with Crippen LogP contribution in [0.2, 0.25) is 0 Å². The molecule has 10 aliphatic rings. The minimum absolute atomic E-state index is 0.359. The molecular weight excluding hydrogens is 629 g/mol. The van der Waals surface area contributed by atoms with Crippen molar-refractivity contribution in [3.8, 4) is 0 Å². The fourth-order valence-corrected chi connectivity index (χ4v) is 14.1. The molecule has 14 unspecified atom stereocenters. The third-order valence-corrected chi connectivity index (χ3v) is 16.7. The van der Waals surface area contributed by atoms with Crippen LogP contribution in [0.15, 0.2) is 35.6 Å². The summed E-state index contributed by atoms with van der Waals surface area (Å²) in [6.45, 7) is 0. The Morgan fingerprint density at radius 2 is 1.39 bits per heavy atom. The van der Waals surface area contributed by atoms with Gasteiger partial charge in [-0.1, -0.05) is 62.8 Å². The van der Waals surface area contributed by atoms with E-state index in [9.17, 15) is 0 Å². The fraction of sp³-hybridized carbons (Fsp3) is 0.867. The molecule has 3 saturated heterocycles. The number of quaternary nitrogens is 1. The number of ether oxygens (including phenoxy) is 2. The molecule has 0 radical (unpaired) electrons. The maximum atomic E-state index is 7.35. The summed E-state index contributed by atoms with van der Waals surface area (Å²) < 4.78 is 14.2. The highest BCUT2D eigenvalue weighted by Gasteiger charge is 2.53. The zero-order valence-corrected chi connectivity index (χ0v) is 31.7. The first-order chi connectivity index (χ1) is 25.2. The van der Waals surface area contributed by atoms with Gasteiger partial charge in [-0.3, -0.25) is 5.32 Å². The smallest absolute Gasteiger partial charge is 0.168 e. The van der Waals surface area contributed by atoms with E-state index in [1.165, 1.54) is 153 Å². The summed E-state index contributed by atoms with van der Waals surface area (Å²) >= 11 is 0. The molecule has 3 aliphatic heterocycles. The van der Waals surface area contributed by atoms with Crippen LogP contribution in [-0.2, 0) is 9.47 Å². The number of hydrogen-bond donors (Lipinski definition) is 4. The number of rotatable bonds is 6. The molecule has 7 aliphatic carbocycles. The molecule has 0 bridgehead atoms. The molecule has 0 spiro atoms. The topological polar surface area (TPSA) is 71.2 Å². The van der Waals surface area contributed by atoms with Gasteiger partial charge in [0.1, 0.15) is 18.0 Å². The predicted molar refractivity (Wildman–Crippen MR) is 203 cm³/mol. The standard InChI is InChI=1S/C45H70N4O2/c1-3-12-28(13-4-1)43-47-44(30-23-25-34-33-17-8-10-21-39(33)50-40(34)27-30)49-45(48-43)37-19-11-18-36-35-24-22-29(26-41(35)51-42(36)37)32-16-7-9-20-38(32)46-31-14-5-2-6-15-31/h9-10,20-21,28-36,38-41,43-49H,1-8,11-19,22-27H2/p+1. The molecule has 10 rings (SSSR count). The van der Waals surface area contributed by atoms with Gasteiger partial charge in [0.2, 0.25) is 0 Å². The minimum atomic E-state index is 0.359. The van der Waals surface area contributed by atoms with Crippen molar-refractivity contribution in [3.05, 3.63) is 35.6 Å². The van der Waals surface area contributed by atoms with Crippen molar-refractivity contribution < 1.29 is 14.8 Å². The molecule has 51 heavy (non-hydrogen) atoms. The Morgan fingerprint density at radius 3 is 2.27 bits per heavy atom. The summed E-state index contributed by atoms with van der Waals surface area (Å²) in [5.41, 5.74) is 1.66. The molecule has 0 aromatic carbocycles. The van der Waals surface area contributed by atoms with Crippen molar-refractivity contribution in [2.24, 2.45) is 47.3 Å². The molecule has 7 fully saturated rings. The SMILES string of the molecule is C1=CC(NC2CCCCC2)C(C2CCC3C(C2)OC2=C(C4NC(C5CCCCC5)NC(C5CCC6C(C5)OC5C=CCCC56)[NH2+]4)CCCC23)CC1. The summed E-state index contributed by atoms with van der Waals surface area (Å²) in [5.74, 6) is 7.46. The van der Waals surface area contributed by atoms with Crippen LogP contribution in [-0.4, -0.2) is 48.9 Å². The van der Waals surface area contributed by atoms with Crippen LogP contribution in [0.1, 0.15) is 148 Å². The number of allylic oxidation sites excluding steroid dienone is 3. The summed E-state index contributed by atoms with van der Waals surface area (Å²) in [7, 11) is 0. The van der Waals surface area contributed by atoms with Crippen LogP contribution in [0.25, 0.3) is 0 Å². The van der Waals surface area contributed by atoms with Gasteiger partial charge in [-0.05, 0) is 139 Å². The van der Waals surface area contributed by atoms with E-state index in [1.54, 1.807) is 5.57 Å². The lowest BCUT2D eigenvalue weighted by Crippen LogP contribution is -3.06. The van der Waals surface area contributed by atoms with Gasteiger partial charge in [0.05, 0.1) is 18.4 Å². The van der Waals surface area contributed by atoms with Gasteiger partial charge in [-0.2, -0.15) is 0 Å². The van der Waals surface area contributed by atoms with Gasteiger partial charge >= 0.3 is 0 Å². The molecule has 0 aromatic rings. The Labute approximate surface area is 309 Å². The van der Waals surface area contributed by atoms with Gasteiger partial charge in [0.15, 0.2) is 6.17 Å². The summed E-state index contributed by atoms with van der Waals surface area (Å²) in [5, 5.41) is 15.5. The Kier molecular flexibility index (Phi) is 10.2. The van der Waals surface area contributed by atoms with E-state index in [2.05, 4.69) is 45.6 Å². The summed E-state index contributed by atoms with van der Waals surface area (Å²) in [6, 6.07) is 1.31. The zero-order chi connectivity index (χ0) is 33.7. The molecule has 4 saturated carbocycles. The summed E-state index contributed by atoms with van der Waals surface area (Å²) in [6.07, 6.45) is 43.6. The first kappa shape index (κ1) is 34.3. The second kappa shape index (κ2) is 15.2. The highest BCUT2D eigenvalue weighted by molar-refractivity contribution is 5.24. The van der Waals surface area contributed by atoms with Gasteiger partial charge < -0.3 is 20.1 Å². The summed E-state index contributed by atoms with van der Waals surface area (Å²) in [4.78, 5) is 0. The lowest BCUT2D eigenvalue weighted by atomic mass is 9.66. The Balaban J connectivity index is 0.858. The zero-order valence-electron chi connectivity index (χ0n) is 31.7. The number of hydrogen-bond acceptors (Lipinski definition) is 5. The van der Waals surface area contributed by atoms with Gasteiger partial charge in [0.25, 0.3) is 0 Å². The quantitative estimate of drug-likeness (QED) is 0.215. The third kappa shape index (κ3) is 6.87. The van der Waals surface area contributed by atoms with Gasteiger partial charge in [-0.25, -0.2) is 5.32 Å². The normalized spacial score (nSPS) is 47.7. The molecule has 3 heterocycles. The maximum Gasteiger partial charge on any atom is 0.168 e. The van der Waals surface area contributed by atoms with Gasteiger partial charge in [-0.15, -0.1) is 0 Å². The van der Waals surface area contributed by atoms with Crippen molar-refractivity contribution in [2.45, 2.75) is 197 Å². The average Bonchev–Trinajstić information content (AvgIpc) is 3.76. The van der Waals surface area contributed by atoms with E-state index in [-0.39, 0.29) is 0 Å². The van der Waals surface area contributed by atoms with E-state index in [0.717, 1.165) is 41.5 Å². The molecule has 0 aromatic heterocycles. The predicted octanol–water partition coefficient (Wildman–Crippen LogP) is 7.58. The largest absolute Gasteiger partial charge is 0.494 e. The minimum Gasteiger partial charge on any atom is -0.494 e. The van der Waals surface area contributed by atoms with Crippen LogP contribution in [0, 0.1) is 47.3 Å². The van der Waals surface area contributed by atoms with Crippen molar-refractivity contribution in [2.75, 3.05) is 0 Å². The van der Waals surface area contributed by atoms with E-state index >= 15 is 0 Å². The average molecular weight is 700 g/mol. The van der Waals surface area contributed by atoms with Gasteiger partial charge in [0, 0.05) is 35.4 Å². The van der Waals surface area contributed by atoms with E-state index in [4.69, 9.17) is 9.47 Å². The second-order valence-corrected chi connectivity index (χ2v) is 19.4. The van der Waals surface area contributed by atoms with E-state index < -0.39 is 0 Å². The first-order valence-electron chi connectivity index (χ1n) is 22.8. The Morgan fingerprint density at radius 1 is 0.627 bits per heavy atom. The lowest BCUT2D eigenvalue weighted by molar-refractivity contribution is -0.742. The highest BCUT2D eigenvalue weighted by atomic mass is 16.5. The Hall–Kier alpha value is -1.18. The molecule has 14 atom stereocenters. The molecule has 5 N–H and O–H groups in total. The number of fused-ring (bicyclic) bond motifs is 6. The monoisotopic (exact) mass is 700 g/mol. The van der Waals surface area contributed by atoms with Crippen LogP contribution < -0.4 is 21.3 Å². The van der Waals surface area contributed by atoms with Crippen molar-refractivity contribution >= 4 is 0 Å². The van der Waals surface area contributed by atoms with Crippen LogP contribution >= 0.6 is 0 Å². The van der Waals surface area contributed by atoms with Crippen molar-refractivity contribution in [1.82, 2.24) is 16.0 Å². The molecule has 6 nitrogen and oxygen atoms in total. The van der Waals surface area contributed by atoms with Crippen LogP contribution in [0.3, 0.4) is 0 Å². The van der Waals surface area contributed by atoms with E-state index in [1.807, 2.05) is 0 Å². The first-order valence-corrected chi connectivity index (χ1v) is 22.8. The number of nitrogens with two attached hydrogens (primary N) is 1.